The topological polar surface area (TPSA) is 38.9 Å². The van der Waals surface area contributed by atoms with Crippen LogP contribution in [0.15, 0.2) is 46.5 Å². The second-order valence-electron chi connectivity index (χ2n) is 4.69. The molecule has 0 amide bonds. The molecule has 0 bridgehead atoms. The van der Waals surface area contributed by atoms with E-state index in [-0.39, 0.29) is 6.04 Å². The Labute approximate surface area is 123 Å². The molecule has 1 heterocycles. The summed E-state index contributed by atoms with van der Waals surface area (Å²) in [4.78, 5) is 5.49. The van der Waals surface area contributed by atoms with Crippen LogP contribution in [0.5, 0.6) is 0 Å². The summed E-state index contributed by atoms with van der Waals surface area (Å²) in [5, 5.41) is 1.51. The van der Waals surface area contributed by atoms with Gasteiger partial charge in [0, 0.05) is 17.1 Å². The highest BCUT2D eigenvalue weighted by Crippen LogP contribution is 2.34. The lowest BCUT2D eigenvalue weighted by Gasteiger charge is -2.12. The van der Waals surface area contributed by atoms with Crippen LogP contribution < -0.4 is 5.73 Å². The minimum absolute atomic E-state index is 0.139. The van der Waals surface area contributed by atoms with Crippen LogP contribution in [0.4, 0.5) is 0 Å². The standard InChI is InChI=1S/C15H17ClN2S/c1-10-5-6-14(12(8-10)9-11(2)17)19-15-13(16)4-3-7-18-15/h3-8,11H,9,17H2,1-2H3. The molecule has 2 aromatic rings. The molecule has 2 nitrogen and oxygen atoms in total. The van der Waals surface area contributed by atoms with Gasteiger partial charge in [-0.1, -0.05) is 41.1 Å². The van der Waals surface area contributed by atoms with Crippen molar-refractivity contribution in [2.45, 2.75) is 36.2 Å². The van der Waals surface area contributed by atoms with Gasteiger partial charge in [-0.25, -0.2) is 4.98 Å². The lowest BCUT2D eigenvalue weighted by Crippen LogP contribution is -2.18. The molecule has 1 aromatic carbocycles. The van der Waals surface area contributed by atoms with Crippen LogP contribution in [0.25, 0.3) is 0 Å². The SMILES string of the molecule is Cc1ccc(Sc2ncccc2Cl)c(CC(C)N)c1. The quantitative estimate of drug-likeness (QED) is 0.923. The van der Waals surface area contributed by atoms with Gasteiger partial charge in [0.05, 0.1) is 5.02 Å². The van der Waals surface area contributed by atoms with Crippen LogP contribution in [-0.2, 0) is 6.42 Å². The van der Waals surface area contributed by atoms with Crippen LogP contribution >= 0.6 is 23.4 Å². The van der Waals surface area contributed by atoms with Crippen molar-refractivity contribution in [2.75, 3.05) is 0 Å². The normalized spacial score (nSPS) is 12.4. The molecule has 0 aliphatic carbocycles. The van der Waals surface area contributed by atoms with Gasteiger partial charge in [-0.15, -0.1) is 0 Å². The molecule has 0 fully saturated rings. The van der Waals surface area contributed by atoms with Gasteiger partial charge in [0.1, 0.15) is 5.03 Å². The van der Waals surface area contributed by atoms with E-state index in [1.165, 1.54) is 16.0 Å². The lowest BCUT2D eigenvalue weighted by atomic mass is 10.1. The van der Waals surface area contributed by atoms with Crippen LogP contribution in [0.3, 0.4) is 0 Å². The van der Waals surface area contributed by atoms with Crippen molar-refractivity contribution in [1.29, 1.82) is 0 Å². The zero-order valence-electron chi connectivity index (χ0n) is 11.1. The molecule has 1 atom stereocenters. The number of halogens is 1. The highest BCUT2D eigenvalue weighted by Gasteiger charge is 2.09. The summed E-state index contributed by atoms with van der Waals surface area (Å²) >= 11 is 7.75. The number of hydrogen-bond acceptors (Lipinski definition) is 3. The molecule has 0 aliphatic rings. The molecule has 0 aliphatic heterocycles. The largest absolute Gasteiger partial charge is 0.328 e. The Morgan fingerprint density at radius 2 is 2.16 bits per heavy atom. The highest BCUT2D eigenvalue weighted by molar-refractivity contribution is 7.99. The molecular weight excluding hydrogens is 276 g/mol. The predicted molar refractivity (Wildman–Crippen MR) is 81.9 cm³/mol. The molecule has 100 valence electrons. The molecule has 2 rings (SSSR count). The number of nitrogens with two attached hydrogens (primary N) is 1. The zero-order chi connectivity index (χ0) is 13.8. The number of aryl methyl sites for hydroxylation is 1. The Bertz CT molecular complexity index is 570. The molecular formula is C15H17ClN2S. The Morgan fingerprint density at radius 3 is 2.84 bits per heavy atom. The number of benzene rings is 1. The van der Waals surface area contributed by atoms with E-state index in [0.717, 1.165) is 11.4 Å². The molecule has 0 saturated heterocycles. The summed E-state index contributed by atoms with van der Waals surface area (Å²) in [5.41, 5.74) is 8.41. The van der Waals surface area contributed by atoms with Crippen molar-refractivity contribution >= 4 is 23.4 Å². The van der Waals surface area contributed by atoms with Crippen molar-refractivity contribution in [2.24, 2.45) is 5.73 Å². The number of aromatic nitrogens is 1. The highest BCUT2D eigenvalue weighted by atomic mass is 35.5. The van der Waals surface area contributed by atoms with E-state index >= 15 is 0 Å². The van der Waals surface area contributed by atoms with E-state index in [1.54, 1.807) is 18.0 Å². The number of nitrogens with zero attached hydrogens (tertiary/aromatic N) is 1. The smallest absolute Gasteiger partial charge is 0.119 e. The fourth-order valence-corrected chi connectivity index (χ4v) is 3.00. The minimum Gasteiger partial charge on any atom is -0.328 e. The first-order valence-corrected chi connectivity index (χ1v) is 7.39. The third-order valence-electron chi connectivity index (χ3n) is 2.69. The summed E-state index contributed by atoms with van der Waals surface area (Å²) in [7, 11) is 0. The van der Waals surface area contributed by atoms with Crippen molar-refractivity contribution in [3.63, 3.8) is 0 Å². The molecule has 2 N–H and O–H groups in total. The lowest BCUT2D eigenvalue weighted by molar-refractivity contribution is 0.728. The summed E-state index contributed by atoms with van der Waals surface area (Å²) in [6.07, 6.45) is 2.61. The Balaban J connectivity index is 2.32. The molecule has 0 radical (unpaired) electrons. The Kier molecular flexibility index (Phi) is 4.86. The summed E-state index contributed by atoms with van der Waals surface area (Å²) < 4.78 is 0. The average molecular weight is 293 g/mol. The molecule has 0 saturated carbocycles. The molecule has 0 spiro atoms. The van der Waals surface area contributed by atoms with E-state index in [1.807, 2.05) is 19.1 Å². The number of pyridine rings is 1. The molecule has 1 aromatic heterocycles. The van der Waals surface area contributed by atoms with Crippen LogP contribution in [0.1, 0.15) is 18.1 Å². The maximum absolute atomic E-state index is 6.16. The van der Waals surface area contributed by atoms with E-state index < -0.39 is 0 Å². The molecule has 19 heavy (non-hydrogen) atoms. The van der Waals surface area contributed by atoms with Gasteiger partial charge in [-0.3, -0.25) is 0 Å². The zero-order valence-corrected chi connectivity index (χ0v) is 12.6. The van der Waals surface area contributed by atoms with E-state index in [4.69, 9.17) is 17.3 Å². The van der Waals surface area contributed by atoms with E-state index in [9.17, 15) is 0 Å². The summed E-state index contributed by atoms with van der Waals surface area (Å²) in [6, 6.07) is 10.2. The van der Waals surface area contributed by atoms with Crippen molar-refractivity contribution < 1.29 is 0 Å². The van der Waals surface area contributed by atoms with Crippen molar-refractivity contribution in [1.82, 2.24) is 4.98 Å². The van der Waals surface area contributed by atoms with Gasteiger partial charge in [-0.2, -0.15) is 0 Å². The van der Waals surface area contributed by atoms with Gasteiger partial charge in [0.15, 0.2) is 0 Å². The van der Waals surface area contributed by atoms with Crippen molar-refractivity contribution in [3.05, 3.63) is 52.7 Å². The number of rotatable bonds is 4. The van der Waals surface area contributed by atoms with Gasteiger partial charge < -0.3 is 5.73 Å². The summed E-state index contributed by atoms with van der Waals surface area (Å²) in [5.74, 6) is 0. The second kappa shape index (κ2) is 6.42. The van der Waals surface area contributed by atoms with Gasteiger partial charge in [0.25, 0.3) is 0 Å². The van der Waals surface area contributed by atoms with Crippen LogP contribution in [-0.4, -0.2) is 11.0 Å². The van der Waals surface area contributed by atoms with E-state index in [2.05, 4.69) is 30.1 Å². The minimum atomic E-state index is 0.139. The monoisotopic (exact) mass is 292 g/mol. The Morgan fingerprint density at radius 1 is 1.37 bits per heavy atom. The van der Waals surface area contributed by atoms with Crippen molar-refractivity contribution in [3.8, 4) is 0 Å². The maximum atomic E-state index is 6.16. The second-order valence-corrected chi connectivity index (χ2v) is 6.12. The average Bonchev–Trinajstić information content (AvgIpc) is 2.34. The van der Waals surface area contributed by atoms with Gasteiger partial charge >= 0.3 is 0 Å². The predicted octanol–water partition coefficient (Wildman–Crippen LogP) is 4.08. The van der Waals surface area contributed by atoms with Crippen LogP contribution in [0.2, 0.25) is 5.02 Å². The summed E-state index contributed by atoms with van der Waals surface area (Å²) in [6.45, 7) is 4.11. The first kappa shape index (κ1) is 14.4. The first-order chi connectivity index (χ1) is 9.06. The first-order valence-electron chi connectivity index (χ1n) is 6.19. The van der Waals surface area contributed by atoms with Crippen LogP contribution in [0, 0.1) is 6.92 Å². The van der Waals surface area contributed by atoms with E-state index in [0.29, 0.717) is 5.02 Å². The number of hydrogen-bond donors (Lipinski definition) is 1. The fraction of sp³-hybridized carbons (Fsp3) is 0.267. The third-order valence-corrected chi connectivity index (χ3v) is 4.24. The molecule has 4 heteroatoms. The molecule has 1 unspecified atom stereocenters. The Hall–Kier alpha value is -1.03. The third kappa shape index (κ3) is 3.96. The van der Waals surface area contributed by atoms with Gasteiger partial charge in [0.2, 0.25) is 0 Å². The van der Waals surface area contributed by atoms with Gasteiger partial charge in [-0.05, 0) is 44.0 Å². The fourth-order valence-electron chi connectivity index (χ4n) is 1.86. The maximum Gasteiger partial charge on any atom is 0.119 e.